The lowest BCUT2D eigenvalue weighted by molar-refractivity contribution is -0.223. The molecular formula is C40H44O6. The number of carbonyl (C=O) groups excluding carboxylic acids is 1. The van der Waals surface area contributed by atoms with Crippen molar-refractivity contribution in [1.82, 2.24) is 0 Å². The SMILES string of the molecule is CC(C)(C=O)C/C=C1\O[C@H](COCc2ccccc2)[C@@H](OCc2ccccc2)[C@H](OCc2ccccc2)[C@H]1OCc1ccccc1. The molecule has 0 bridgehead atoms. The van der Waals surface area contributed by atoms with Crippen LogP contribution in [-0.2, 0) is 54.9 Å². The van der Waals surface area contributed by atoms with Crippen molar-refractivity contribution in [2.75, 3.05) is 6.61 Å². The summed E-state index contributed by atoms with van der Waals surface area (Å²) < 4.78 is 33.1. The fourth-order valence-corrected chi connectivity index (χ4v) is 5.28. The van der Waals surface area contributed by atoms with Gasteiger partial charge in [-0.2, -0.15) is 0 Å². The summed E-state index contributed by atoms with van der Waals surface area (Å²) in [5.41, 5.74) is 3.63. The third kappa shape index (κ3) is 9.96. The average Bonchev–Trinajstić information content (AvgIpc) is 3.10. The van der Waals surface area contributed by atoms with Crippen molar-refractivity contribution in [2.45, 2.75) is 71.1 Å². The second-order valence-corrected chi connectivity index (χ2v) is 12.3. The summed E-state index contributed by atoms with van der Waals surface area (Å²) in [5, 5.41) is 0. The fourth-order valence-electron chi connectivity index (χ4n) is 5.28. The topological polar surface area (TPSA) is 63.2 Å². The number of benzene rings is 4. The number of carbonyl (C=O) groups is 1. The molecule has 6 heteroatoms. The highest BCUT2D eigenvalue weighted by molar-refractivity contribution is 5.58. The minimum absolute atomic E-state index is 0.277. The Morgan fingerprint density at radius 1 is 0.609 bits per heavy atom. The van der Waals surface area contributed by atoms with E-state index in [0.717, 1.165) is 28.5 Å². The van der Waals surface area contributed by atoms with Gasteiger partial charge in [0, 0.05) is 5.41 Å². The molecular weight excluding hydrogens is 576 g/mol. The van der Waals surface area contributed by atoms with Gasteiger partial charge in [0.1, 0.15) is 30.4 Å². The maximum Gasteiger partial charge on any atom is 0.150 e. The van der Waals surface area contributed by atoms with Gasteiger partial charge < -0.3 is 28.5 Å². The minimum Gasteiger partial charge on any atom is -0.487 e. The Hall–Kier alpha value is -4.07. The summed E-state index contributed by atoms with van der Waals surface area (Å²) in [6.07, 6.45) is 1.31. The van der Waals surface area contributed by atoms with Gasteiger partial charge in [-0.05, 0) is 34.8 Å². The normalized spacial score (nSPS) is 20.7. The summed E-state index contributed by atoms with van der Waals surface area (Å²) in [6, 6.07) is 40.3. The highest BCUT2D eigenvalue weighted by Gasteiger charge is 2.46. The second kappa shape index (κ2) is 17.0. The first-order chi connectivity index (χ1) is 22.5. The molecule has 1 aliphatic rings. The van der Waals surface area contributed by atoms with Crippen LogP contribution in [0.15, 0.2) is 133 Å². The van der Waals surface area contributed by atoms with Crippen LogP contribution in [0.2, 0.25) is 0 Å². The van der Waals surface area contributed by atoms with E-state index in [1.165, 1.54) is 0 Å². The number of allylic oxidation sites excluding steroid dienone is 1. The first-order valence-electron chi connectivity index (χ1n) is 15.9. The highest BCUT2D eigenvalue weighted by Crippen LogP contribution is 2.34. The maximum absolute atomic E-state index is 11.9. The van der Waals surface area contributed by atoms with Crippen molar-refractivity contribution in [3.63, 3.8) is 0 Å². The average molecular weight is 621 g/mol. The molecule has 0 amide bonds. The molecule has 6 nitrogen and oxygen atoms in total. The summed E-state index contributed by atoms with van der Waals surface area (Å²) in [6.45, 7) is 5.64. The Balaban J connectivity index is 1.47. The Kier molecular flexibility index (Phi) is 12.3. The first-order valence-corrected chi connectivity index (χ1v) is 15.9. The van der Waals surface area contributed by atoms with E-state index < -0.39 is 29.8 Å². The van der Waals surface area contributed by atoms with Crippen molar-refractivity contribution in [1.29, 1.82) is 0 Å². The fraction of sp³-hybridized carbons (Fsp3) is 0.325. The predicted molar refractivity (Wildman–Crippen MR) is 179 cm³/mol. The Labute approximate surface area is 272 Å². The molecule has 46 heavy (non-hydrogen) atoms. The molecule has 0 radical (unpaired) electrons. The standard InChI is InChI=1S/C40H44O6/c1-40(2,30-41)24-23-35-37(43-26-32-17-9-4-10-18-32)39(45-28-34-21-13-6-14-22-34)38(44-27-33-19-11-5-12-20-33)36(46-35)29-42-25-31-15-7-3-8-16-31/h3-23,30,36-39H,24-29H2,1-2H3/b35-23-/t36-,37+,38-,39-/m1/s1. The smallest absolute Gasteiger partial charge is 0.150 e. The molecule has 4 aromatic rings. The van der Waals surface area contributed by atoms with E-state index in [1.807, 2.05) is 141 Å². The molecule has 4 atom stereocenters. The molecule has 240 valence electrons. The van der Waals surface area contributed by atoms with Crippen LogP contribution in [0.1, 0.15) is 42.5 Å². The monoisotopic (exact) mass is 620 g/mol. The lowest BCUT2D eigenvalue weighted by Gasteiger charge is -2.44. The minimum atomic E-state index is -0.586. The van der Waals surface area contributed by atoms with Gasteiger partial charge >= 0.3 is 0 Å². The zero-order valence-corrected chi connectivity index (χ0v) is 26.7. The third-order valence-corrected chi connectivity index (χ3v) is 7.94. The second-order valence-electron chi connectivity index (χ2n) is 12.3. The molecule has 1 saturated heterocycles. The van der Waals surface area contributed by atoms with E-state index in [2.05, 4.69) is 0 Å². The summed E-state index contributed by atoms with van der Waals surface area (Å²) >= 11 is 0. The quantitative estimate of drug-likeness (QED) is 0.119. The molecule has 1 heterocycles. The van der Waals surface area contributed by atoms with Crippen LogP contribution in [0.5, 0.6) is 0 Å². The van der Waals surface area contributed by atoms with Crippen LogP contribution >= 0.6 is 0 Å². The van der Waals surface area contributed by atoms with Gasteiger partial charge in [-0.1, -0.05) is 135 Å². The van der Waals surface area contributed by atoms with Crippen LogP contribution in [0.25, 0.3) is 0 Å². The van der Waals surface area contributed by atoms with Crippen LogP contribution in [0.3, 0.4) is 0 Å². The van der Waals surface area contributed by atoms with Crippen molar-refractivity contribution in [3.05, 3.63) is 155 Å². The molecule has 4 aromatic carbocycles. The van der Waals surface area contributed by atoms with E-state index in [0.29, 0.717) is 38.6 Å². The summed E-state index contributed by atoms with van der Waals surface area (Å²) in [7, 11) is 0. The van der Waals surface area contributed by atoms with E-state index in [4.69, 9.17) is 23.7 Å². The zero-order valence-electron chi connectivity index (χ0n) is 26.7. The number of rotatable bonds is 16. The zero-order chi connectivity index (χ0) is 32.0. The van der Waals surface area contributed by atoms with E-state index in [9.17, 15) is 4.79 Å². The molecule has 1 aliphatic heterocycles. The van der Waals surface area contributed by atoms with Gasteiger partial charge in [-0.15, -0.1) is 0 Å². The Bertz CT molecular complexity index is 1470. The van der Waals surface area contributed by atoms with Gasteiger partial charge in [0.25, 0.3) is 0 Å². The lowest BCUT2D eigenvalue weighted by Crippen LogP contribution is -2.56. The predicted octanol–water partition coefficient (Wildman–Crippen LogP) is 7.86. The van der Waals surface area contributed by atoms with Crippen molar-refractivity contribution >= 4 is 6.29 Å². The molecule has 1 fully saturated rings. The Morgan fingerprint density at radius 2 is 1.04 bits per heavy atom. The van der Waals surface area contributed by atoms with Crippen LogP contribution < -0.4 is 0 Å². The van der Waals surface area contributed by atoms with E-state index >= 15 is 0 Å². The number of aldehydes is 1. The number of hydrogen-bond acceptors (Lipinski definition) is 6. The highest BCUT2D eigenvalue weighted by atomic mass is 16.6. The number of ether oxygens (including phenoxy) is 5. The largest absolute Gasteiger partial charge is 0.487 e. The molecule has 0 aromatic heterocycles. The maximum atomic E-state index is 11.9. The van der Waals surface area contributed by atoms with E-state index in [-0.39, 0.29) is 6.61 Å². The van der Waals surface area contributed by atoms with Crippen molar-refractivity contribution in [2.24, 2.45) is 5.41 Å². The Morgan fingerprint density at radius 3 is 1.52 bits per heavy atom. The molecule has 0 saturated carbocycles. The third-order valence-electron chi connectivity index (χ3n) is 7.94. The van der Waals surface area contributed by atoms with Crippen LogP contribution in [0, 0.1) is 5.41 Å². The van der Waals surface area contributed by atoms with Gasteiger partial charge in [-0.25, -0.2) is 0 Å². The van der Waals surface area contributed by atoms with Crippen LogP contribution in [-0.4, -0.2) is 37.3 Å². The van der Waals surface area contributed by atoms with Crippen molar-refractivity contribution in [3.8, 4) is 0 Å². The van der Waals surface area contributed by atoms with Crippen molar-refractivity contribution < 1.29 is 28.5 Å². The lowest BCUT2D eigenvalue weighted by atomic mass is 9.89. The van der Waals surface area contributed by atoms with Crippen LogP contribution in [0.4, 0.5) is 0 Å². The van der Waals surface area contributed by atoms with Gasteiger partial charge in [0.15, 0.2) is 6.10 Å². The van der Waals surface area contributed by atoms with E-state index in [1.54, 1.807) is 0 Å². The van der Waals surface area contributed by atoms with Gasteiger partial charge in [0.2, 0.25) is 0 Å². The number of hydrogen-bond donors (Lipinski definition) is 0. The van der Waals surface area contributed by atoms with Gasteiger partial charge in [-0.3, -0.25) is 0 Å². The summed E-state index contributed by atoms with van der Waals surface area (Å²) in [5.74, 6) is 0.622. The molecule has 0 unspecified atom stereocenters. The molecule has 0 aliphatic carbocycles. The van der Waals surface area contributed by atoms with Gasteiger partial charge in [0.05, 0.1) is 33.0 Å². The molecule has 5 rings (SSSR count). The molecule has 0 N–H and O–H groups in total. The molecule has 0 spiro atoms. The first kappa shape index (κ1) is 33.3. The summed E-state index contributed by atoms with van der Waals surface area (Å²) in [4.78, 5) is 11.9.